The quantitative estimate of drug-likeness (QED) is 0.551. The molecule has 0 aliphatic heterocycles. The minimum Gasteiger partial charge on any atom is -0.496 e. The van der Waals surface area contributed by atoms with Crippen LogP contribution in [0.3, 0.4) is 0 Å². The van der Waals surface area contributed by atoms with Gasteiger partial charge in [-0.25, -0.2) is 0 Å². The number of carbonyl (C=O) groups excluding carboxylic acids is 1. The highest BCUT2D eigenvalue weighted by Crippen LogP contribution is 2.45. The molecular formula is C20H16O3. The van der Waals surface area contributed by atoms with E-state index in [1.54, 1.807) is 14.2 Å². The van der Waals surface area contributed by atoms with Gasteiger partial charge >= 0.3 is 0 Å². The molecule has 114 valence electrons. The van der Waals surface area contributed by atoms with Crippen LogP contribution in [0, 0.1) is 6.92 Å². The van der Waals surface area contributed by atoms with Crippen molar-refractivity contribution in [2.45, 2.75) is 6.92 Å². The fraction of sp³-hybridized carbons (Fsp3) is 0.150. The fourth-order valence-corrected chi connectivity index (χ4v) is 3.39. The number of hydrogen-bond donors (Lipinski definition) is 0. The highest BCUT2D eigenvalue weighted by atomic mass is 16.5. The summed E-state index contributed by atoms with van der Waals surface area (Å²) in [5.41, 5.74) is 4.27. The summed E-state index contributed by atoms with van der Waals surface area (Å²) in [5, 5.41) is 2.00. The summed E-state index contributed by atoms with van der Waals surface area (Å²) in [4.78, 5) is 12.9. The second-order valence-corrected chi connectivity index (χ2v) is 5.80. The first kappa shape index (κ1) is 13.8. The Morgan fingerprint density at radius 2 is 1.61 bits per heavy atom. The van der Waals surface area contributed by atoms with Crippen molar-refractivity contribution in [2.75, 3.05) is 14.2 Å². The Labute approximate surface area is 134 Å². The van der Waals surface area contributed by atoms with Crippen molar-refractivity contribution in [2.24, 2.45) is 0 Å². The molecule has 1 aliphatic carbocycles. The predicted molar refractivity (Wildman–Crippen MR) is 90.7 cm³/mol. The van der Waals surface area contributed by atoms with Crippen molar-refractivity contribution in [3.8, 4) is 22.6 Å². The molecule has 0 bridgehead atoms. The van der Waals surface area contributed by atoms with Crippen LogP contribution in [0.25, 0.3) is 21.9 Å². The van der Waals surface area contributed by atoms with Crippen LogP contribution in [0.4, 0.5) is 0 Å². The van der Waals surface area contributed by atoms with E-state index < -0.39 is 0 Å². The summed E-state index contributed by atoms with van der Waals surface area (Å²) in [7, 11) is 3.28. The van der Waals surface area contributed by atoms with Crippen molar-refractivity contribution in [3.05, 3.63) is 59.2 Å². The van der Waals surface area contributed by atoms with E-state index in [4.69, 9.17) is 9.47 Å². The predicted octanol–water partition coefficient (Wildman–Crippen LogP) is 4.38. The van der Waals surface area contributed by atoms with Gasteiger partial charge in [0.1, 0.15) is 11.5 Å². The standard InChI is InChI=1S/C20H16O3/c1-11-7-16-19(18(8-11)23-3)14-9-12-5-4-6-17(22-2)13(12)10-15(14)20(16)21/h4-10H,1-3H3. The third-order valence-electron chi connectivity index (χ3n) is 4.42. The summed E-state index contributed by atoms with van der Waals surface area (Å²) >= 11 is 0. The SMILES string of the molecule is COc1cc(C)cc2c1-c1cc3cccc(OC)c3cc1C2=O. The third-order valence-corrected chi connectivity index (χ3v) is 4.42. The molecule has 3 aromatic carbocycles. The van der Waals surface area contributed by atoms with Gasteiger partial charge in [0.25, 0.3) is 0 Å². The lowest BCUT2D eigenvalue weighted by Crippen LogP contribution is -1.96. The number of aryl methyl sites for hydroxylation is 1. The van der Waals surface area contributed by atoms with Crippen LogP contribution in [0.2, 0.25) is 0 Å². The van der Waals surface area contributed by atoms with E-state index in [2.05, 4.69) is 6.07 Å². The molecule has 3 heteroatoms. The van der Waals surface area contributed by atoms with Crippen LogP contribution in [0.15, 0.2) is 42.5 Å². The third kappa shape index (κ3) is 1.86. The molecule has 3 nitrogen and oxygen atoms in total. The number of benzene rings is 3. The summed E-state index contributed by atoms with van der Waals surface area (Å²) in [6, 6.07) is 13.8. The van der Waals surface area contributed by atoms with E-state index in [9.17, 15) is 4.79 Å². The van der Waals surface area contributed by atoms with Gasteiger partial charge in [-0.3, -0.25) is 4.79 Å². The summed E-state index contributed by atoms with van der Waals surface area (Å²) in [5.74, 6) is 1.57. The van der Waals surface area contributed by atoms with Crippen LogP contribution < -0.4 is 9.47 Å². The normalized spacial score (nSPS) is 12.2. The summed E-state index contributed by atoms with van der Waals surface area (Å²) in [6.07, 6.45) is 0. The Balaban J connectivity index is 2.09. The molecular weight excluding hydrogens is 288 g/mol. The van der Waals surface area contributed by atoms with E-state index in [1.165, 1.54) is 0 Å². The fourth-order valence-electron chi connectivity index (χ4n) is 3.39. The van der Waals surface area contributed by atoms with Crippen LogP contribution in [0.1, 0.15) is 21.5 Å². The number of carbonyl (C=O) groups is 1. The molecule has 0 radical (unpaired) electrons. The van der Waals surface area contributed by atoms with Gasteiger partial charge in [0.2, 0.25) is 0 Å². The minimum absolute atomic E-state index is 0.0461. The van der Waals surface area contributed by atoms with E-state index in [0.717, 1.165) is 39.0 Å². The number of methoxy groups -OCH3 is 2. The van der Waals surface area contributed by atoms with Gasteiger partial charge < -0.3 is 9.47 Å². The summed E-state index contributed by atoms with van der Waals surface area (Å²) in [6.45, 7) is 1.97. The Morgan fingerprint density at radius 3 is 2.35 bits per heavy atom. The van der Waals surface area contributed by atoms with Gasteiger partial charge in [-0.1, -0.05) is 12.1 Å². The largest absolute Gasteiger partial charge is 0.496 e. The first-order valence-corrected chi connectivity index (χ1v) is 7.48. The first-order chi connectivity index (χ1) is 11.1. The molecule has 1 aliphatic rings. The van der Waals surface area contributed by atoms with E-state index in [-0.39, 0.29) is 5.78 Å². The number of fused-ring (bicyclic) bond motifs is 4. The smallest absolute Gasteiger partial charge is 0.194 e. The second-order valence-electron chi connectivity index (χ2n) is 5.80. The van der Waals surface area contributed by atoms with Crippen molar-refractivity contribution >= 4 is 16.6 Å². The van der Waals surface area contributed by atoms with Crippen LogP contribution >= 0.6 is 0 Å². The van der Waals surface area contributed by atoms with Gasteiger partial charge in [0.05, 0.1) is 14.2 Å². The summed E-state index contributed by atoms with van der Waals surface area (Å²) < 4.78 is 11.0. The molecule has 0 aromatic heterocycles. The second kappa shape index (κ2) is 4.85. The van der Waals surface area contributed by atoms with Crippen LogP contribution in [0.5, 0.6) is 11.5 Å². The molecule has 0 amide bonds. The van der Waals surface area contributed by atoms with Crippen molar-refractivity contribution in [1.29, 1.82) is 0 Å². The van der Waals surface area contributed by atoms with Crippen molar-refractivity contribution in [1.82, 2.24) is 0 Å². The highest BCUT2D eigenvalue weighted by molar-refractivity contribution is 6.24. The lowest BCUT2D eigenvalue weighted by molar-refractivity contribution is 0.104. The Bertz CT molecular complexity index is 970. The molecule has 0 spiro atoms. The maximum absolute atomic E-state index is 12.9. The lowest BCUT2D eigenvalue weighted by atomic mass is 9.99. The molecule has 0 saturated carbocycles. The molecule has 0 unspecified atom stereocenters. The van der Waals surface area contributed by atoms with Crippen molar-refractivity contribution in [3.63, 3.8) is 0 Å². The maximum Gasteiger partial charge on any atom is 0.194 e. The van der Waals surface area contributed by atoms with Gasteiger partial charge in [0, 0.05) is 22.1 Å². The molecule has 0 saturated heterocycles. The number of rotatable bonds is 2. The molecule has 0 N–H and O–H groups in total. The van der Waals surface area contributed by atoms with Gasteiger partial charge in [-0.05, 0) is 53.8 Å². The van der Waals surface area contributed by atoms with E-state index in [1.807, 2.05) is 43.3 Å². The number of ether oxygens (including phenoxy) is 2. The Kier molecular flexibility index (Phi) is 2.91. The zero-order chi connectivity index (χ0) is 16.1. The van der Waals surface area contributed by atoms with Crippen LogP contribution in [-0.2, 0) is 0 Å². The molecule has 4 rings (SSSR count). The van der Waals surface area contributed by atoms with Crippen LogP contribution in [-0.4, -0.2) is 20.0 Å². The molecule has 0 heterocycles. The Hall–Kier alpha value is -2.81. The highest BCUT2D eigenvalue weighted by Gasteiger charge is 2.30. The monoisotopic (exact) mass is 304 g/mol. The topological polar surface area (TPSA) is 35.5 Å². The Morgan fingerprint density at radius 1 is 0.826 bits per heavy atom. The van der Waals surface area contributed by atoms with Gasteiger partial charge in [-0.2, -0.15) is 0 Å². The number of ketones is 1. The maximum atomic E-state index is 12.9. The molecule has 3 aromatic rings. The molecule has 0 fully saturated rings. The molecule has 0 atom stereocenters. The molecule has 23 heavy (non-hydrogen) atoms. The first-order valence-electron chi connectivity index (χ1n) is 7.48. The van der Waals surface area contributed by atoms with E-state index in [0.29, 0.717) is 11.1 Å². The average Bonchev–Trinajstić information content (AvgIpc) is 2.84. The minimum atomic E-state index is 0.0461. The lowest BCUT2D eigenvalue weighted by Gasteiger charge is -2.10. The number of hydrogen-bond acceptors (Lipinski definition) is 3. The van der Waals surface area contributed by atoms with Gasteiger partial charge in [-0.15, -0.1) is 0 Å². The zero-order valence-corrected chi connectivity index (χ0v) is 13.3. The van der Waals surface area contributed by atoms with Gasteiger partial charge in [0.15, 0.2) is 5.78 Å². The average molecular weight is 304 g/mol. The van der Waals surface area contributed by atoms with E-state index >= 15 is 0 Å². The van der Waals surface area contributed by atoms with Crippen molar-refractivity contribution < 1.29 is 14.3 Å². The zero-order valence-electron chi connectivity index (χ0n) is 13.3.